The van der Waals surface area contributed by atoms with Crippen molar-refractivity contribution in [3.8, 4) is 0 Å². The molecule has 0 aliphatic carbocycles. The Hall–Kier alpha value is -1.21. The molecule has 0 spiro atoms. The van der Waals surface area contributed by atoms with Gasteiger partial charge in [-0.05, 0) is 19.9 Å². The molecule has 1 aliphatic rings. The molecule has 0 fully saturated rings. The van der Waals surface area contributed by atoms with Crippen molar-refractivity contribution < 1.29 is 4.10 Å². The monoisotopic (exact) mass is 226 g/mol. The topological polar surface area (TPSA) is 57.2 Å². The van der Waals surface area contributed by atoms with Gasteiger partial charge in [0, 0.05) is 18.4 Å². The molecule has 7 heteroatoms. The van der Waals surface area contributed by atoms with Crippen LogP contribution in [0.1, 0.15) is 20.0 Å². The molecule has 0 amide bonds. The van der Waals surface area contributed by atoms with Crippen molar-refractivity contribution in [2.45, 2.75) is 32.2 Å². The first-order chi connectivity index (χ1) is 7.18. The average molecular weight is 226 g/mol. The maximum absolute atomic E-state index is 5.09. The third-order valence-corrected chi connectivity index (χ3v) is 2.45. The summed E-state index contributed by atoms with van der Waals surface area (Å²) in [5.74, 6) is 0. The predicted molar refractivity (Wildman–Crippen MR) is 56.5 cm³/mol. The summed E-state index contributed by atoms with van der Waals surface area (Å²) in [6.45, 7) is 4.14. The van der Waals surface area contributed by atoms with E-state index in [0.29, 0.717) is 6.04 Å². The molecule has 0 radical (unpaired) electrons. The van der Waals surface area contributed by atoms with Gasteiger partial charge in [0.2, 0.25) is 6.17 Å². The van der Waals surface area contributed by atoms with E-state index in [1.807, 2.05) is 12.3 Å². The number of rotatable bonds is 3. The molecule has 0 saturated carbocycles. The van der Waals surface area contributed by atoms with Crippen LogP contribution in [0.25, 0.3) is 0 Å². The van der Waals surface area contributed by atoms with E-state index in [1.165, 1.54) is 4.10 Å². The SMILES string of the molecule is CC(C)NC1C(n2cccn2)NN=[N+]1[S-]. The summed E-state index contributed by atoms with van der Waals surface area (Å²) in [4.78, 5) is 0. The summed E-state index contributed by atoms with van der Waals surface area (Å²) < 4.78 is 3.27. The first kappa shape index (κ1) is 10.3. The summed E-state index contributed by atoms with van der Waals surface area (Å²) in [7, 11) is 0. The number of hydrogen-bond donors (Lipinski definition) is 2. The third kappa shape index (κ3) is 2.07. The molecular weight excluding hydrogens is 212 g/mol. The maximum Gasteiger partial charge on any atom is 0.261 e. The van der Waals surface area contributed by atoms with Gasteiger partial charge in [0.15, 0.2) is 0 Å². The van der Waals surface area contributed by atoms with Crippen LogP contribution in [0.3, 0.4) is 0 Å². The third-order valence-electron chi connectivity index (χ3n) is 2.14. The van der Waals surface area contributed by atoms with E-state index in [-0.39, 0.29) is 12.3 Å². The lowest BCUT2D eigenvalue weighted by molar-refractivity contribution is -0.466. The van der Waals surface area contributed by atoms with Crippen LogP contribution in [0.5, 0.6) is 0 Å². The van der Waals surface area contributed by atoms with Crippen LogP contribution in [0.4, 0.5) is 0 Å². The van der Waals surface area contributed by atoms with Crippen LogP contribution < -0.4 is 10.7 Å². The quantitative estimate of drug-likeness (QED) is 0.569. The Balaban J connectivity index is 2.14. The second kappa shape index (κ2) is 4.11. The summed E-state index contributed by atoms with van der Waals surface area (Å²) >= 11 is 5.09. The van der Waals surface area contributed by atoms with Crippen molar-refractivity contribution in [2.75, 3.05) is 0 Å². The van der Waals surface area contributed by atoms with Crippen LogP contribution in [-0.4, -0.2) is 26.1 Å². The maximum atomic E-state index is 5.09. The van der Waals surface area contributed by atoms with Gasteiger partial charge >= 0.3 is 0 Å². The van der Waals surface area contributed by atoms with Gasteiger partial charge in [-0.2, -0.15) is 10.5 Å². The van der Waals surface area contributed by atoms with E-state index in [9.17, 15) is 0 Å². The highest BCUT2D eigenvalue weighted by molar-refractivity contribution is 7.51. The molecule has 2 rings (SSSR count). The Morgan fingerprint density at radius 1 is 1.60 bits per heavy atom. The molecule has 0 bridgehead atoms. The molecule has 15 heavy (non-hydrogen) atoms. The summed E-state index contributed by atoms with van der Waals surface area (Å²) in [6.07, 6.45) is 3.51. The smallest absolute Gasteiger partial charge is 0.261 e. The normalized spacial score (nSPS) is 25.4. The van der Waals surface area contributed by atoms with Gasteiger partial charge in [0.1, 0.15) is 0 Å². The zero-order valence-electron chi connectivity index (χ0n) is 8.66. The number of hydrogen-bond acceptors (Lipinski definition) is 5. The Morgan fingerprint density at radius 3 is 3.00 bits per heavy atom. The average Bonchev–Trinajstić information content (AvgIpc) is 2.76. The van der Waals surface area contributed by atoms with Crippen molar-refractivity contribution in [1.82, 2.24) is 20.5 Å². The highest BCUT2D eigenvalue weighted by atomic mass is 32.1. The minimum absolute atomic E-state index is 0.0556. The van der Waals surface area contributed by atoms with Crippen LogP contribution in [0, 0.1) is 0 Å². The van der Waals surface area contributed by atoms with Gasteiger partial charge in [-0.25, -0.2) is 4.68 Å². The molecule has 0 aromatic carbocycles. The van der Waals surface area contributed by atoms with Crippen molar-refractivity contribution in [3.05, 3.63) is 18.5 Å². The van der Waals surface area contributed by atoms with E-state index < -0.39 is 0 Å². The van der Waals surface area contributed by atoms with E-state index in [2.05, 4.69) is 34.9 Å². The molecule has 1 aliphatic heterocycles. The highest BCUT2D eigenvalue weighted by Crippen LogP contribution is 2.14. The minimum atomic E-state index is -0.0556. The summed E-state index contributed by atoms with van der Waals surface area (Å²) in [5, 5.41) is 11.5. The van der Waals surface area contributed by atoms with Crippen LogP contribution >= 0.6 is 0 Å². The molecular formula is C8H14N6S. The summed E-state index contributed by atoms with van der Waals surface area (Å²) in [6, 6.07) is 2.22. The van der Waals surface area contributed by atoms with Gasteiger partial charge in [-0.1, -0.05) is 0 Å². The van der Waals surface area contributed by atoms with Gasteiger partial charge < -0.3 is 12.8 Å². The second-order valence-electron chi connectivity index (χ2n) is 3.73. The van der Waals surface area contributed by atoms with Gasteiger partial charge in [-0.15, -0.1) is 0 Å². The highest BCUT2D eigenvalue weighted by Gasteiger charge is 2.35. The Kier molecular flexibility index (Phi) is 2.83. The molecule has 0 saturated heterocycles. The van der Waals surface area contributed by atoms with Gasteiger partial charge in [0.05, 0.1) is 5.22 Å². The van der Waals surface area contributed by atoms with Crippen molar-refractivity contribution in [3.63, 3.8) is 0 Å². The molecule has 2 heterocycles. The lowest BCUT2D eigenvalue weighted by Gasteiger charge is -2.21. The van der Waals surface area contributed by atoms with E-state index in [1.54, 1.807) is 10.9 Å². The summed E-state index contributed by atoms with van der Waals surface area (Å²) in [5.41, 5.74) is 2.95. The van der Waals surface area contributed by atoms with E-state index in [4.69, 9.17) is 12.8 Å². The zero-order chi connectivity index (χ0) is 10.8. The van der Waals surface area contributed by atoms with Crippen LogP contribution in [-0.2, 0) is 12.8 Å². The van der Waals surface area contributed by atoms with Gasteiger partial charge in [0.25, 0.3) is 6.17 Å². The van der Waals surface area contributed by atoms with Crippen LogP contribution in [0.15, 0.2) is 23.7 Å². The molecule has 6 nitrogen and oxygen atoms in total. The molecule has 2 unspecified atom stereocenters. The Bertz CT molecular complexity index is 346. The second-order valence-corrected chi connectivity index (χ2v) is 4.10. The molecule has 82 valence electrons. The first-order valence-corrected chi connectivity index (χ1v) is 5.22. The number of nitrogens with one attached hydrogen (secondary N) is 2. The van der Waals surface area contributed by atoms with Crippen molar-refractivity contribution in [2.24, 2.45) is 5.22 Å². The number of aromatic nitrogens is 2. The first-order valence-electron chi connectivity index (χ1n) is 4.86. The van der Waals surface area contributed by atoms with Crippen molar-refractivity contribution >= 4 is 12.8 Å². The lowest BCUT2D eigenvalue weighted by atomic mass is 10.3. The lowest BCUT2D eigenvalue weighted by Crippen LogP contribution is -2.46. The molecule has 1 aromatic rings. The Morgan fingerprint density at radius 2 is 2.40 bits per heavy atom. The van der Waals surface area contributed by atoms with Gasteiger partial charge in [-0.3, -0.25) is 9.42 Å². The minimum Gasteiger partial charge on any atom is -0.532 e. The Labute approximate surface area is 93.9 Å². The van der Waals surface area contributed by atoms with E-state index in [0.717, 1.165) is 0 Å². The molecule has 1 aromatic heterocycles. The zero-order valence-corrected chi connectivity index (χ0v) is 9.48. The fourth-order valence-corrected chi connectivity index (χ4v) is 1.74. The fraction of sp³-hybridized carbons (Fsp3) is 0.625. The number of nitrogens with zero attached hydrogens (tertiary/aromatic N) is 4. The fourth-order valence-electron chi connectivity index (χ4n) is 1.52. The van der Waals surface area contributed by atoms with Crippen molar-refractivity contribution in [1.29, 1.82) is 0 Å². The standard InChI is InChI=1S/C8H14N6S/c1-6(2)10-7-8(11-12-14(7)15)13-5-3-4-9-13/h3-8,10-11H,1-2H3. The molecule has 2 N–H and O–H groups in total. The van der Waals surface area contributed by atoms with E-state index >= 15 is 0 Å². The largest absolute Gasteiger partial charge is 0.532 e. The van der Waals surface area contributed by atoms with Crippen LogP contribution in [0.2, 0.25) is 0 Å². The predicted octanol–water partition coefficient (Wildman–Crippen LogP) is 0.151. The molecule has 2 atom stereocenters.